The number of aryl methyl sites for hydroxylation is 1. The van der Waals surface area contributed by atoms with Crippen LogP contribution in [0.15, 0.2) is 48.7 Å². The first-order valence-electron chi connectivity index (χ1n) is 5.99. The molecular formula is C15H13N3O. The maximum absolute atomic E-state index is 5.90. The summed E-state index contributed by atoms with van der Waals surface area (Å²) in [6, 6.07) is 13.7. The minimum Gasteiger partial charge on any atom is -0.422 e. The van der Waals surface area contributed by atoms with Crippen LogP contribution in [-0.4, -0.2) is 9.97 Å². The van der Waals surface area contributed by atoms with E-state index < -0.39 is 0 Å². The van der Waals surface area contributed by atoms with Crippen molar-refractivity contribution in [3.05, 3.63) is 54.2 Å². The van der Waals surface area contributed by atoms with E-state index in [9.17, 15) is 0 Å². The van der Waals surface area contributed by atoms with Crippen LogP contribution in [0.1, 0.15) is 5.56 Å². The standard InChI is InChI=1S/C15H13N3O/c1-10-5-4-7-12(16)14(10)19-15-17-9-11-6-2-3-8-13(11)18-15/h2-9H,16H2,1H3. The molecule has 0 unspecified atom stereocenters. The minimum atomic E-state index is 0.305. The Morgan fingerprint density at radius 3 is 2.74 bits per heavy atom. The summed E-state index contributed by atoms with van der Waals surface area (Å²) in [6.07, 6.45) is 1.74. The van der Waals surface area contributed by atoms with E-state index >= 15 is 0 Å². The first-order valence-corrected chi connectivity index (χ1v) is 5.99. The van der Waals surface area contributed by atoms with Crippen LogP contribution in [0.5, 0.6) is 11.8 Å². The smallest absolute Gasteiger partial charge is 0.322 e. The third kappa shape index (κ3) is 2.20. The van der Waals surface area contributed by atoms with Crippen LogP contribution in [0.4, 0.5) is 5.69 Å². The average Bonchev–Trinajstić information content (AvgIpc) is 2.43. The first-order chi connectivity index (χ1) is 9.24. The Morgan fingerprint density at radius 2 is 1.89 bits per heavy atom. The lowest BCUT2D eigenvalue weighted by molar-refractivity contribution is 0.443. The molecule has 0 atom stereocenters. The molecular weight excluding hydrogens is 238 g/mol. The van der Waals surface area contributed by atoms with E-state index in [4.69, 9.17) is 10.5 Å². The quantitative estimate of drug-likeness (QED) is 0.710. The van der Waals surface area contributed by atoms with E-state index in [2.05, 4.69) is 9.97 Å². The van der Waals surface area contributed by atoms with Crippen molar-refractivity contribution in [2.75, 3.05) is 5.73 Å². The van der Waals surface area contributed by atoms with Crippen LogP contribution in [0, 0.1) is 6.92 Å². The summed E-state index contributed by atoms with van der Waals surface area (Å²) in [5.74, 6) is 0.609. The van der Waals surface area contributed by atoms with Gasteiger partial charge in [-0.3, -0.25) is 0 Å². The summed E-state index contributed by atoms with van der Waals surface area (Å²) >= 11 is 0. The zero-order valence-corrected chi connectivity index (χ0v) is 10.5. The normalized spacial score (nSPS) is 10.6. The molecule has 1 aromatic heterocycles. The number of hydrogen-bond acceptors (Lipinski definition) is 4. The maximum Gasteiger partial charge on any atom is 0.322 e. The molecule has 3 aromatic rings. The fourth-order valence-electron chi connectivity index (χ4n) is 1.91. The summed E-state index contributed by atoms with van der Waals surface area (Å²) in [4.78, 5) is 8.56. The van der Waals surface area contributed by atoms with Crippen LogP contribution in [0.25, 0.3) is 10.9 Å². The predicted molar refractivity (Wildman–Crippen MR) is 75.2 cm³/mol. The number of nitrogens with zero attached hydrogens (tertiary/aromatic N) is 2. The molecule has 0 aliphatic rings. The Morgan fingerprint density at radius 1 is 1.05 bits per heavy atom. The molecule has 94 valence electrons. The third-order valence-corrected chi connectivity index (χ3v) is 2.90. The van der Waals surface area contributed by atoms with Crippen molar-refractivity contribution in [2.45, 2.75) is 6.92 Å². The number of benzene rings is 2. The topological polar surface area (TPSA) is 61.0 Å². The van der Waals surface area contributed by atoms with Crippen LogP contribution >= 0.6 is 0 Å². The van der Waals surface area contributed by atoms with Gasteiger partial charge in [-0.15, -0.1) is 0 Å². The number of nitrogens with two attached hydrogens (primary N) is 1. The minimum absolute atomic E-state index is 0.305. The zero-order valence-electron chi connectivity index (χ0n) is 10.5. The molecule has 19 heavy (non-hydrogen) atoms. The lowest BCUT2D eigenvalue weighted by atomic mass is 10.2. The molecule has 0 saturated carbocycles. The number of ether oxygens (including phenoxy) is 1. The van der Waals surface area contributed by atoms with E-state index in [1.54, 1.807) is 12.3 Å². The van der Waals surface area contributed by atoms with Crippen LogP contribution in [0.2, 0.25) is 0 Å². The van der Waals surface area contributed by atoms with Crippen molar-refractivity contribution in [3.63, 3.8) is 0 Å². The maximum atomic E-state index is 5.90. The lowest BCUT2D eigenvalue weighted by Gasteiger charge is -2.09. The van der Waals surface area contributed by atoms with E-state index in [1.165, 1.54) is 0 Å². The highest BCUT2D eigenvalue weighted by Crippen LogP contribution is 2.29. The molecule has 1 heterocycles. The highest BCUT2D eigenvalue weighted by atomic mass is 16.5. The molecule has 4 nitrogen and oxygen atoms in total. The number of nitrogen functional groups attached to an aromatic ring is 1. The van der Waals surface area contributed by atoms with Crippen LogP contribution < -0.4 is 10.5 Å². The molecule has 0 aliphatic heterocycles. The van der Waals surface area contributed by atoms with Crippen molar-refractivity contribution in [1.29, 1.82) is 0 Å². The molecule has 4 heteroatoms. The van der Waals surface area contributed by atoms with Gasteiger partial charge in [-0.2, -0.15) is 4.98 Å². The molecule has 0 fully saturated rings. The second kappa shape index (κ2) is 4.57. The van der Waals surface area contributed by atoms with Gasteiger partial charge in [0.15, 0.2) is 5.75 Å². The van der Waals surface area contributed by atoms with Crippen LogP contribution in [0.3, 0.4) is 0 Å². The second-order valence-corrected chi connectivity index (χ2v) is 4.31. The third-order valence-electron chi connectivity index (χ3n) is 2.90. The summed E-state index contributed by atoms with van der Waals surface area (Å²) in [5, 5.41) is 0.979. The lowest BCUT2D eigenvalue weighted by Crippen LogP contribution is -1.97. The van der Waals surface area contributed by atoms with E-state index in [-0.39, 0.29) is 0 Å². The fraction of sp³-hybridized carbons (Fsp3) is 0.0667. The number of aromatic nitrogens is 2. The molecule has 0 aliphatic carbocycles. The largest absolute Gasteiger partial charge is 0.422 e. The fourth-order valence-corrected chi connectivity index (χ4v) is 1.91. The molecule has 0 spiro atoms. The summed E-state index contributed by atoms with van der Waals surface area (Å²) in [6.45, 7) is 1.94. The molecule has 0 bridgehead atoms. The zero-order chi connectivity index (χ0) is 13.2. The highest BCUT2D eigenvalue weighted by molar-refractivity contribution is 5.77. The summed E-state index contributed by atoms with van der Waals surface area (Å²) < 4.78 is 5.70. The van der Waals surface area contributed by atoms with Gasteiger partial charge in [-0.25, -0.2) is 4.98 Å². The predicted octanol–water partition coefficient (Wildman–Crippen LogP) is 3.31. The van der Waals surface area contributed by atoms with Gasteiger partial charge in [-0.05, 0) is 24.6 Å². The Hall–Kier alpha value is -2.62. The number of rotatable bonds is 2. The van der Waals surface area contributed by atoms with Gasteiger partial charge in [0.05, 0.1) is 11.2 Å². The van der Waals surface area contributed by atoms with Gasteiger partial charge in [0, 0.05) is 11.6 Å². The Kier molecular flexibility index (Phi) is 2.76. The Balaban J connectivity index is 2.01. The first kappa shape index (κ1) is 11.5. The van der Waals surface area contributed by atoms with E-state index in [1.807, 2.05) is 43.3 Å². The number of anilines is 1. The van der Waals surface area contributed by atoms with Gasteiger partial charge in [0.2, 0.25) is 0 Å². The Labute approximate surface area is 110 Å². The average molecular weight is 251 g/mol. The molecule has 0 saturated heterocycles. The molecule has 0 radical (unpaired) electrons. The Bertz CT molecular complexity index is 720. The van der Waals surface area contributed by atoms with Crippen molar-refractivity contribution in [1.82, 2.24) is 9.97 Å². The summed E-state index contributed by atoms with van der Waals surface area (Å²) in [5.41, 5.74) is 8.28. The summed E-state index contributed by atoms with van der Waals surface area (Å²) in [7, 11) is 0. The molecule has 2 N–H and O–H groups in total. The second-order valence-electron chi connectivity index (χ2n) is 4.31. The molecule has 0 amide bonds. The van der Waals surface area contributed by atoms with E-state index in [0.29, 0.717) is 17.4 Å². The van der Waals surface area contributed by atoms with Gasteiger partial charge >= 0.3 is 6.01 Å². The van der Waals surface area contributed by atoms with Gasteiger partial charge in [0.25, 0.3) is 0 Å². The molecule has 3 rings (SSSR count). The number of hydrogen-bond donors (Lipinski definition) is 1. The van der Waals surface area contributed by atoms with Gasteiger partial charge in [0.1, 0.15) is 0 Å². The monoisotopic (exact) mass is 251 g/mol. The highest BCUT2D eigenvalue weighted by Gasteiger charge is 2.08. The van der Waals surface area contributed by atoms with Crippen molar-refractivity contribution < 1.29 is 4.74 Å². The number of fused-ring (bicyclic) bond motifs is 1. The number of para-hydroxylation sites is 2. The SMILES string of the molecule is Cc1cccc(N)c1Oc1ncc2ccccc2n1. The van der Waals surface area contributed by atoms with Gasteiger partial charge in [-0.1, -0.05) is 30.3 Å². The van der Waals surface area contributed by atoms with E-state index in [0.717, 1.165) is 16.5 Å². The van der Waals surface area contributed by atoms with Crippen molar-refractivity contribution >= 4 is 16.6 Å². The van der Waals surface area contributed by atoms with Crippen molar-refractivity contribution in [2.24, 2.45) is 0 Å². The van der Waals surface area contributed by atoms with Crippen LogP contribution in [-0.2, 0) is 0 Å². The van der Waals surface area contributed by atoms with Gasteiger partial charge < -0.3 is 10.5 Å². The van der Waals surface area contributed by atoms with Crippen molar-refractivity contribution in [3.8, 4) is 11.8 Å². The molecule has 2 aromatic carbocycles.